The van der Waals surface area contributed by atoms with Crippen molar-refractivity contribution in [3.63, 3.8) is 0 Å². The van der Waals surface area contributed by atoms with Gasteiger partial charge in [-0.05, 0) is 24.6 Å². The van der Waals surface area contributed by atoms with Gasteiger partial charge in [0.1, 0.15) is 0 Å². The zero-order valence-corrected chi connectivity index (χ0v) is 6.18. The van der Waals surface area contributed by atoms with Gasteiger partial charge in [0, 0.05) is 17.6 Å². The molecule has 0 bridgehead atoms. The molecule has 9 heavy (non-hydrogen) atoms. The summed E-state index contributed by atoms with van der Waals surface area (Å²) in [5, 5.41) is 0.313. The Morgan fingerprint density at radius 2 is 2.00 bits per heavy atom. The Balaban J connectivity index is 2.85. The van der Waals surface area contributed by atoms with E-state index >= 15 is 0 Å². The fraction of sp³-hybridized carbons (Fsp3) is 0.286. The van der Waals surface area contributed by atoms with Crippen LogP contribution in [0.1, 0.15) is 17.7 Å². The number of hydrogen-bond acceptors (Lipinski definition) is 2. The highest BCUT2D eigenvalue weighted by atomic mass is 32.1. The maximum Gasteiger partial charge on any atom is 0.0270 e. The first-order valence-electron chi connectivity index (χ1n) is 2.88. The van der Waals surface area contributed by atoms with Crippen molar-refractivity contribution in [2.75, 3.05) is 0 Å². The van der Waals surface area contributed by atoms with E-state index in [4.69, 9.17) is 0 Å². The standard InChI is InChI=1S/C7H9NS/c1-6(9)7-2-4-8-5-3-7/h2-6,9H,1H3. The van der Waals surface area contributed by atoms with Crippen LogP contribution in [0.2, 0.25) is 0 Å². The summed E-state index contributed by atoms with van der Waals surface area (Å²) in [4.78, 5) is 3.89. The van der Waals surface area contributed by atoms with E-state index in [1.807, 2.05) is 19.1 Å². The number of hydrogen-bond donors (Lipinski definition) is 1. The fourth-order valence-corrected chi connectivity index (χ4v) is 0.814. The van der Waals surface area contributed by atoms with Crippen molar-refractivity contribution in [3.05, 3.63) is 30.1 Å². The third-order valence-corrected chi connectivity index (χ3v) is 1.49. The molecule has 1 rings (SSSR count). The molecule has 0 aliphatic heterocycles. The van der Waals surface area contributed by atoms with Gasteiger partial charge in [0.05, 0.1) is 0 Å². The molecule has 0 N–H and O–H groups in total. The Morgan fingerprint density at radius 3 is 2.33 bits per heavy atom. The van der Waals surface area contributed by atoms with Crippen molar-refractivity contribution >= 4 is 12.6 Å². The summed E-state index contributed by atoms with van der Waals surface area (Å²) >= 11 is 4.26. The summed E-state index contributed by atoms with van der Waals surface area (Å²) in [6.07, 6.45) is 3.56. The minimum atomic E-state index is 0.313. The quantitative estimate of drug-likeness (QED) is 0.588. The van der Waals surface area contributed by atoms with Crippen LogP contribution in [0.25, 0.3) is 0 Å². The predicted molar refractivity (Wildman–Crippen MR) is 41.6 cm³/mol. The van der Waals surface area contributed by atoms with Crippen LogP contribution in [0.5, 0.6) is 0 Å². The Labute approximate surface area is 60.5 Å². The zero-order valence-electron chi connectivity index (χ0n) is 5.28. The van der Waals surface area contributed by atoms with Gasteiger partial charge in [0.15, 0.2) is 0 Å². The maximum absolute atomic E-state index is 4.26. The zero-order chi connectivity index (χ0) is 6.69. The average molecular weight is 139 g/mol. The first-order chi connectivity index (χ1) is 4.30. The number of pyridine rings is 1. The highest BCUT2D eigenvalue weighted by Crippen LogP contribution is 2.16. The summed E-state index contributed by atoms with van der Waals surface area (Å²) in [7, 11) is 0. The van der Waals surface area contributed by atoms with E-state index in [1.165, 1.54) is 5.56 Å². The molecule has 0 fully saturated rings. The molecule has 1 nitrogen and oxygen atoms in total. The van der Waals surface area contributed by atoms with E-state index in [0.29, 0.717) is 5.25 Å². The minimum Gasteiger partial charge on any atom is -0.265 e. The van der Waals surface area contributed by atoms with Gasteiger partial charge in [-0.25, -0.2) is 0 Å². The minimum absolute atomic E-state index is 0.313. The van der Waals surface area contributed by atoms with Crippen molar-refractivity contribution in [2.24, 2.45) is 0 Å². The summed E-state index contributed by atoms with van der Waals surface area (Å²) in [5.41, 5.74) is 1.22. The van der Waals surface area contributed by atoms with Crippen LogP contribution in [-0.4, -0.2) is 4.98 Å². The summed E-state index contributed by atoms with van der Waals surface area (Å²) in [5.74, 6) is 0. The van der Waals surface area contributed by atoms with Gasteiger partial charge in [-0.2, -0.15) is 12.6 Å². The lowest BCUT2D eigenvalue weighted by atomic mass is 10.2. The topological polar surface area (TPSA) is 12.9 Å². The lowest BCUT2D eigenvalue weighted by Crippen LogP contribution is -1.82. The van der Waals surface area contributed by atoms with Gasteiger partial charge in [0.25, 0.3) is 0 Å². The second-order valence-electron chi connectivity index (χ2n) is 1.96. The van der Waals surface area contributed by atoms with Gasteiger partial charge in [-0.3, -0.25) is 4.98 Å². The molecule has 1 atom stereocenters. The second-order valence-corrected chi connectivity index (χ2v) is 2.73. The van der Waals surface area contributed by atoms with Crippen LogP contribution in [0.4, 0.5) is 0 Å². The predicted octanol–water partition coefficient (Wildman–Crippen LogP) is 2.07. The van der Waals surface area contributed by atoms with E-state index in [-0.39, 0.29) is 0 Å². The molecule has 1 aromatic heterocycles. The van der Waals surface area contributed by atoms with E-state index in [2.05, 4.69) is 17.6 Å². The van der Waals surface area contributed by atoms with Gasteiger partial charge in [0.2, 0.25) is 0 Å². The molecule has 0 amide bonds. The maximum atomic E-state index is 4.26. The first-order valence-corrected chi connectivity index (χ1v) is 3.40. The van der Waals surface area contributed by atoms with Crippen LogP contribution >= 0.6 is 12.6 Å². The van der Waals surface area contributed by atoms with Crippen LogP contribution in [0.15, 0.2) is 24.5 Å². The highest BCUT2D eigenvalue weighted by Gasteiger charge is 1.94. The summed E-state index contributed by atoms with van der Waals surface area (Å²) in [6, 6.07) is 3.94. The largest absolute Gasteiger partial charge is 0.265 e. The fourth-order valence-electron chi connectivity index (χ4n) is 0.642. The molecule has 0 aromatic carbocycles. The lowest BCUT2D eigenvalue weighted by Gasteiger charge is -2.00. The molecular formula is C7H9NS. The number of nitrogens with zero attached hydrogens (tertiary/aromatic N) is 1. The van der Waals surface area contributed by atoms with Crippen molar-refractivity contribution in [2.45, 2.75) is 12.2 Å². The van der Waals surface area contributed by atoms with Crippen molar-refractivity contribution in [1.82, 2.24) is 4.98 Å². The highest BCUT2D eigenvalue weighted by molar-refractivity contribution is 7.80. The Hall–Kier alpha value is -0.500. The molecule has 0 aliphatic carbocycles. The normalized spacial score (nSPS) is 13.1. The van der Waals surface area contributed by atoms with E-state index < -0.39 is 0 Å². The number of thiol groups is 1. The smallest absolute Gasteiger partial charge is 0.0270 e. The molecule has 0 radical (unpaired) electrons. The molecule has 0 saturated heterocycles. The molecule has 0 aliphatic rings. The number of rotatable bonds is 1. The van der Waals surface area contributed by atoms with Crippen LogP contribution in [0.3, 0.4) is 0 Å². The molecule has 1 aromatic rings. The van der Waals surface area contributed by atoms with Crippen LogP contribution in [-0.2, 0) is 0 Å². The molecular weight excluding hydrogens is 130 g/mol. The Bertz CT molecular complexity index is 172. The molecule has 1 heterocycles. The van der Waals surface area contributed by atoms with Gasteiger partial charge >= 0.3 is 0 Å². The SMILES string of the molecule is CC(S)c1ccncc1. The van der Waals surface area contributed by atoms with Crippen LogP contribution < -0.4 is 0 Å². The monoisotopic (exact) mass is 139 g/mol. The molecule has 1 unspecified atom stereocenters. The molecule has 0 saturated carbocycles. The third-order valence-electron chi connectivity index (χ3n) is 1.19. The van der Waals surface area contributed by atoms with Crippen molar-refractivity contribution < 1.29 is 0 Å². The Morgan fingerprint density at radius 1 is 1.44 bits per heavy atom. The van der Waals surface area contributed by atoms with Gasteiger partial charge in [-0.15, -0.1) is 0 Å². The van der Waals surface area contributed by atoms with Gasteiger partial charge in [-0.1, -0.05) is 0 Å². The second kappa shape index (κ2) is 2.87. The number of aromatic nitrogens is 1. The van der Waals surface area contributed by atoms with Crippen LogP contribution in [0, 0.1) is 0 Å². The van der Waals surface area contributed by atoms with Gasteiger partial charge < -0.3 is 0 Å². The molecule has 2 heteroatoms. The average Bonchev–Trinajstić information content (AvgIpc) is 1.90. The van der Waals surface area contributed by atoms with E-state index in [9.17, 15) is 0 Å². The van der Waals surface area contributed by atoms with E-state index in [1.54, 1.807) is 12.4 Å². The summed E-state index contributed by atoms with van der Waals surface area (Å²) < 4.78 is 0. The van der Waals surface area contributed by atoms with Crippen molar-refractivity contribution in [1.29, 1.82) is 0 Å². The van der Waals surface area contributed by atoms with Crippen molar-refractivity contribution in [3.8, 4) is 0 Å². The third kappa shape index (κ3) is 1.72. The summed E-state index contributed by atoms with van der Waals surface area (Å²) in [6.45, 7) is 2.04. The van der Waals surface area contributed by atoms with E-state index in [0.717, 1.165) is 0 Å². The first kappa shape index (κ1) is 6.62. The lowest BCUT2D eigenvalue weighted by molar-refractivity contribution is 1.09. The molecule has 0 spiro atoms. The Kier molecular flexibility index (Phi) is 2.11. The molecule has 48 valence electrons.